The summed E-state index contributed by atoms with van der Waals surface area (Å²) in [6, 6.07) is 39.3. The summed E-state index contributed by atoms with van der Waals surface area (Å²) in [5.74, 6) is 1.50. The van der Waals surface area contributed by atoms with Crippen LogP contribution in [0.4, 0.5) is 0 Å². The first-order valence-electron chi connectivity index (χ1n) is 13.0. The van der Waals surface area contributed by atoms with Crippen molar-refractivity contribution in [2.24, 2.45) is 5.92 Å². The van der Waals surface area contributed by atoms with Crippen LogP contribution in [-0.4, -0.2) is 9.97 Å². The van der Waals surface area contributed by atoms with Crippen molar-refractivity contribution in [1.29, 1.82) is 0 Å². The van der Waals surface area contributed by atoms with Crippen molar-refractivity contribution < 1.29 is 24.8 Å². The van der Waals surface area contributed by atoms with Gasteiger partial charge in [-0.3, -0.25) is 4.98 Å². The fraction of sp³-hybridized carbons (Fsp3) is 0.143. The Balaban J connectivity index is 0.000000161. The van der Waals surface area contributed by atoms with Gasteiger partial charge in [0.25, 0.3) is 0 Å². The average Bonchev–Trinajstić information content (AvgIpc) is 2.97. The molecule has 3 nitrogen and oxygen atoms in total. The van der Waals surface area contributed by atoms with Crippen molar-refractivity contribution >= 4 is 21.7 Å². The number of nitrogens with zero attached hydrogens (tertiary/aromatic N) is 2. The van der Waals surface area contributed by atoms with E-state index in [1.807, 2.05) is 54.7 Å². The Kier molecular flexibility index (Phi) is 8.16. The van der Waals surface area contributed by atoms with Crippen LogP contribution in [0.1, 0.15) is 25.0 Å². The molecule has 0 N–H and O–H groups in total. The zero-order chi connectivity index (χ0) is 25.9. The number of ether oxygens (including phenoxy) is 1. The van der Waals surface area contributed by atoms with Crippen LogP contribution in [-0.2, 0) is 33.1 Å². The molecule has 0 saturated carbocycles. The molecule has 1 radical (unpaired) electrons. The molecule has 1 aliphatic rings. The Morgan fingerprint density at radius 2 is 1.67 bits per heavy atom. The van der Waals surface area contributed by atoms with Gasteiger partial charge in [-0.15, -0.1) is 65.7 Å². The molecule has 0 saturated heterocycles. The zero-order valence-corrected chi connectivity index (χ0v) is 24.3. The van der Waals surface area contributed by atoms with E-state index in [1.165, 1.54) is 21.7 Å². The maximum atomic E-state index is 5.94. The minimum absolute atomic E-state index is 0. The smallest absolute Gasteiger partial charge is 0.104 e. The molecule has 0 atom stereocenters. The first-order valence-corrected chi connectivity index (χ1v) is 13.0. The summed E-state index contributed by atoms with van der Waals surface area (Å²) in [5, 5.41) is 3.58. The number of benzene rings is 4. The SMILES string of the molecule is CC(C)Cc1cccc2nc3c(cc12)OCc1ccc[c-]c1-3.[Ir].[c-]1ccccc1-c1cc2ccccc2cn1. The molecule has 2 aromatic heterocycles. The van der Waals surface area contributed by atoms with Gasteiger partial charge < -0.3 is 9.72 Å². The average molecular weight is 685 g/mol. The second kappa shape index (κ2) is 11.9. The van der Waals surface area contributed by atoms with Crippen LogP contribution in [0.2, 0.25) is 0 Å². The number of hydrogen-bond donors (Lipinski definition) is 0. The minimum atomic E-state index is 0. The van der Waals surface area contributed by atoms with Gasteiger partial charge in [0, 0.05) is 37.4 Å². The molecule has 0 unspecified atom stereocenters. The van der Waals surface area contributed by atoms with E-state index in [1.54, 1.807) is 0 Å². The molecule has 1 aliphatic heterocycles. The molecule has 6 aromatic rings. The molecule has 39 heavy (non-hydrogen) atoms. The van der Waals surface area contributed by atoms with Gasteiger partial charge in [0.15, 0.2) is 0 Å². The third-order valence-corrected chi connectivity index (χ3v) is 6.72. The number of hydrogen-bond acceptors (Lipinski definition) is 3. The maximum Gasteiger partial charge on any atom is 0.104 e. The summed E-state index contributed by atoms with van der Waals surface area (Å²) >= 11 is 0. The van der Waals surface area contributed by atoms with E-state index < -0.39 is 0 Å². The molecule has 4 aromatic carbocycles. The minimum Gasteiger partial charge on any atom is -0.506 e. The molecule has 195 valence electrons. The Hall–Kier alpha value is -3.85. The summed E-state index contributed by atoms with van der Waals surface area (Å²) in [6.07, 6.45) is 2.96. The van der Waals surface area contributed by atoms with Crippen LogP contribution in [0, 0.1) is 18.1 Å². The Bertz CT molecular complexity index is 1730. The standard InChI is InChI=1S/C20H18NO.C15H10N.Ir/c1-13(2)10-14-7-5-9-18-17(14)11-19-20(21-18)16-8-4-3-6-15(16)12-22-19;1-2-6-12(7-3-1)15-10-13-8-4-5-9-14(13)11-16-15;/h3-7,9,11,13H,10,12H2,1-2H3;1-6,8-11H;/q2*-1;. The van der Waals surface area contributed by atoms with Crippen molar-refractivity contribution in [3.05, 3.63) is 127 Å². The van der Waals surface area contributed by atoms with Gasteiger partial charge in [-0.2, -0.15) is 0 Å². The number of fused-ring (bicyclic) bond motifs is 5. The van der Waals surface area contributed by atoms with Crippen LogP contribution in [0.25, 0.3) is 44.2 Å². The van der Waals surface area contributed by atoms with Crippen LogP contribution >= 0.6 is 0 Å². The van der Waals surface area contributed by atoms with Gasteiger partial charge in [-0.05, 0) is 46.5 Å². The molecular weight excluding hydrogens is 657 g/mol. The first-order chi connectivity index (χ1) is 18.7. The van der Waals surface area contributed by atoms with Crippen LogP contribution < -0.4 is 4.74 Å². The van der Waals surface area contributed by atoms with E-state index in [4.69, 9.17) is 9.72 Å². The molecule has 0 spiro atoms. The molecule has 3 heterocycles. The summed E-state index contributed by atoms with van der Waals surface area (Å²) in [5.41, 5.74) is 7.52. The molecule has 4 heteroatoms. The normalized spacial score (nSPS) is 11.6. The monoisotopic (exact) mass is 685 g/mol. The molecule has 0 fully saturated rings. The van der Waals surface area contributed by atoms with Crippen molar-refractivity contribution in [1.82, 2.24) is 9.97 Å². The van der Waals surface area contributed by atoms with Crippen LogP contribution in [0.15, 0.2) is 103 Å². The quantitative estimate of drug-likeness (QED) is 0.176. The van der Waals surface area contributed by atoms with E-state index >= 15 is 0 Å². The number of rotatable bonds is 3. The van der Waals surface area contributed by atoms with E-state index in [0.717, 1.165) is 45.8 Å². The van der Waals surface area contributed by atoms with Crippen LogP contribution in [0.5, 0.6) is 5.75 Å². The number of pyridine rings is 2. The van der Waals surface area contributed by atoms with Crippen molar-refractivity contribution in [3.63, 3.8) is 0 Å². The molecule has 0 bridgehead atoms. The van der Waals surface area contributed by atoms with Gasteiger partial charge in [0.1, 0.15) is 5.75 Å². The molecule has 0 aliphatic carbocycles. The molecule has 0 amide bonds. The summed E-state index contributed by atoms with van der Waals surface area (Å²) < 4.78 is 5.94. The second-order valence-electron chi connectivity index (χ2n) is 9.97. The topological polar surface area (TPSA) is 35.0 Å². The van der Waals surface area contributed by atoms with E-state index in [9.17, 15) is 0 Å². The maximum absolute atomic E-state index is 5.94. The van der Waals surface area contributed by atoms with Gasteiger partial charge in [0.05, 0.1) is 12.1 Å². The second-order valence-corrected chi connectivity index (χ2v) is 9.97. The van der Waals surface area contributed by atoms with E-state index in [2.05, 4.69) is 79.5 Å². The van der Waals surface area contributed by atoms with Crippen LogP contribution in [0.3, 0.4) is 0 Å². The van der Waals surface area contributed by atoms with Crippen molar-refractivity contribution in [2.45, 2.75) is 26.9 Å². The fourth-order valence-corrected chi connectivity index (χ4v) is 4.90. The van der Waals surface area contributed by atoms with Gasteiger partial charge >= 0.3 is 0 Å². The predicted octanol–water partition coefficient (Wildman–Crippen LogP) is 8.49. The zero-order valence-electron chi connectivity index (χ0n) is 21.9. The van der Waals surface area contributed by atoms with Gasteiger partial charge in [-0.25, -0.2) is 0 Å². The van der Waals surface area contributed by atoms with Gasteiger partial charge in [0.2, 0.25) is 0 Å². The molecule has 7 rings (SSSR count). The summed E-state index contributed by atoms with van der Waals surface area (Å²) in [4.78, 5) is 9.31. The Morgan fingerprint density at radius 3 is 2.49 bits per heavy atom. The summed E-state index contributed by atoms with van der Waals surface area (Å²) in [6.45, 7) is 5.08. The number of aromatic nitrogens is 2. The fourth-order valence-electron chi connectivity index (χ4n) is 4.90. The summed E-state index contributed by atoms with van der Waals surface area (Å²) in [7, 11) is 0. The first kappa shape index (κ1) is 26.7. The third kappa shape index (κ3) is 5.78. The van der Waals surface area contributed by atoms with E-state index in [0.29, 0.717) is 12.5 Å². The third-order valence-electron chi connectivity index (χ3n) is 6.72. The van der Waals surface area contributed by atoms with Crippen molar-refractivity contribution in [2.75, 3.05) is 0 Å². The molecular formula is C35H28IrN2O-2. The Morgan fingerprint density at radius 1 is 0.846 bits per heavy atom. The largest absolute Gasteiger partial charge is 0.506 e. The van der Waals surface area contributed by atoms with Crippen molar-refractivity contribution in [3.8, 4) is 28.3 Å². The Labute approximate surface area is 243 Å². The van der Waals surface area contributed by atoms with Gasteiger partial charge in [-0.1, -0.05) is 61.9 Å². The van der Waals surface area contributed by atoms with E-state index in [-0.39, 0.29) is 20.1 Å². The predicted molar refractivity (Wildman–Crippen MR) is 155 cm³/mol.